The van der Waals surface area contributed by atoms with Gasteiger partial charge in [-0.2, -0.15) is 0 Å². The lowest BCUT2D eigenvalue weighted by Gasteiger charge is -2.34. The molecule has 1 atom stereocenters. The van der Waals surface area contributed by atoms with E-state index in [2.05, 4.69) is 0 Å². The fourth-order valence-electron chi connectivity index (χ4n) is 2.16. The molecule has 2 rings (SSSR count). The monoisotopic (exact) mass is 251 g/mol. The molecule has 0 spiro atoms. The van der Waals surface area contributed by atoms with E-state index in [0.29, 0.717) is 19.4 Å². The number of benzene rings is 1. The van der Waals surface area contributed by atoms with Gasteiger partial charge in [-0.15, -0.1) is 0 Å². The van der Waals surface area contributed by atoms with Gasteiger partial charge in [0.15, 0.2) is 0 Å². The standard InChI is InChI=1S/C14H18FNO2/c1-14(15)8-5-9-16(11-14)13(17)18-10-12-6-3-2-4-7-12/h2-4,6-7H,5,8-11H2,1H3. The van der Waals surface area contributed by atoms with Crippen LogP contribution in [0.1, 0.15) is 25.3 Å². The molecule has 1 saturated heterocycles. The summed E-state index contributed by atoms with van der Waals surface area (Å²) in [6.07, 6.45) is 0.769. The van der Waals surface area contributed by atoms with Crippen molar-refractivity contribution in [1.82, 2.24) is 4.90 Å². The number of carbonyl (C=O) groups is 1. The highest BCUT2D eigenvalue weighted by Crippen LogP contribution is 2.24. The molecule has 0 radical (unpaired) electrons. The quantitative estimate of drug-likeness (QED) is 0.808. The molecule has 0 saturated carbocycles. The Bertz CT molecular complexity index is 406. The lowest BCUT2D eigenvalue weighted by molar-refractivity contribution is 0.0385. The summed E-state index contributed by atoms with van der Waals surface area (Å²) in [5.74, 6) is 0. The van der Waals surface area contributed by atoms with Crippen molar-refractivity contribution in [3.05, 3.63) is 35.9 Å². The first kappa shape index (κ1) is 12.9. The molecule has 1 aromatic carbocycles. The second-order valence-corrected chi connectivity index (χ2v) is 4.98. The number of carbonyl (C=O) groups excluding carboxylic acids is 1. The van der Waals surface area contributed by atoms with Gasteiger partial charge in [-0.25, -0.2) is 9.18 Å². The van der Waals surface area contributed by atoms with Crippen molar-refractivity contribution in [2.24, 2.45) is 0 Å². The number of alkyl halides is 1. The van der Waals surface area contributed by atoms with E-state index in [1.165, 1.54) is 11.8 Å². The lowest BCUT2D eigenvalue weighted by atomic mass is 9.97. The Morgan fingerprint density at radius 3 is 2.83 bits per heavy atom. The third kappa shape index (κ3) is 3.45. The minimum atomic E-state index is -1.29. The molecule has 0 N–H and O–H groups in total. The van der Waals surface area contributed by atoms with Crippen LogP contribution in [0.4, 0.5) is 9.18 Å². The van der Waals surface area contributed by atoms with Gasteiger partial charge in [-0.05, 0) is 25.3 Å². The van der Waals surface area contributed by atoms with Crippen molar-refractivity contribution >= 4 is 6.09 Å². The number of amides is 1. The maximum Gasteiger partial charge on any atom is 0.410 e. The first-order chi connectivity index (χ1) is 8.57. The summed E-state index contributed by atoms with van der Waals surface area (Å²) in [6, 6.07) is 9.47. The van der Waals surface area contributed by atoms with Gasteiger partial charge in [0, 0.05) is 6.54 Å². The number of hydrogen-bond donors (Lipinski definition) is 0. The summed E-state index contributed by atoms with van der Waals surface area (Å²) in [4.78, 5) is 13.2. The minimum absolute atomic E-state index is 0.126. The summed E-state index contributed by atoms with van der Waals surface area (Å²) >= 11 is 0. The zero-order chi connectivity index (χ0) is 13.0. The number of rotatable bonds is 2. The Morgan fingerprint density at radius 2 is 2.17 bits per heavy atom. The van der Waals surface area contributed by atoms with E-state index in [9.17, 15) is 9.18 Å². The van der Waals surface area contributed by atoms with E-state index < -0.39 is 11.8 Å². The van der Waals surface area contributed by atoms with Crippen LogP contribution in [0.25, 0.3) is 0 Å². The van der Waals surface area contributed by atoms with Crippen molar-refractivity contribution in [1.29, 1.82) is 0 Å². The van der Waals surface area contributed by atoms with E-state index >= 15 is 0 Å². The van der Waals surface area contributed by atoms with Gasteiger partial charge in [0.25, 0.3) is 0 Å². The van der Waals surface area contributed by atoms with Crippen LogP contribution in [0.15, 0.2) is 30.3 Å². The molecule has 0 aliphatic carbocycles. The third-order valence-corrected chi connectivity index (χ3v) is 3.11. The second kappa shape index (κ2) is 5.38. The zero-order valence-electron chi connectivity index (χ0n) is 10.6. The third-order valence-electron chi connectivity index (χ3n) is 3.11. The molecule has 3 nitrogen and oxygen atoms in total. The number of piperidine rings is 1. The summed E-state index contributed by atoms with van der Waals surface area (Å²) < 4.78 is 19.0. The number of ether oxygens (including phenoxy) is 1. The van der Waals surface area contributed by atoms with Crippen LogP contribution < -0.4 is 0 Å². The molecule has 1 heterocycles. The van der Waals surface area contributed by atoms with E-state index in [-0.39, 0.29) is 13.2 Å². The molecule has 1 aliphatic rings. The topological polar surface area (TPSA) is 29.5 Å². The van der Waals surface area contributed by atoms with Crippen LogP contribution in [0.2, 0.25) is 0 Å². The molecule has 98 valence electrons. The molecule has 1 aliphatic heterocycles. The SMILES string of the molecule is CC1(F)CCCN(C(=O)OCc2ccccc2)C1. The van der Waals surface area contributed by atoms with Crippen LogP contribution in [-0.4, -0.2) is 29.8 Å². The fraction of sp³-hybridized carbons (Fsp3) is 0.500. The molecular weight excluding hydrogens is 233 g/mol. The van der Waals surface area contributed by atoms with Gasteiger partial charge in [0.1, 0.15) is 12.3 Å². The predicted octanol–water partition coefficient (Wildman–Crippen LogP) is 3.15. The largest absolute Gasteiger partial charge is 0.445 e. The van der Waals surface area contributed by atoms with Crippen LogP contribution in [0.3, 0.4) is 0 Å². The Morgan fingerprint density at radius 1 is 1.44 bits per heavy atom. The number of nitrogens with zero attached hydrogens (tertiary/aromatic N) is 1. The van der Waals surface area contributed by atoms with Gasteiger partial charge < -0.3 is 9.64 Å². The Kier molecular flexibility index (Phi) is 3.84. The number of hydrogen-bond acceptors (Lipinski definition) is 2. The number of halogens is 1. The molecule has 0 aromatic heterocycles. The molecule has 1 unspecified atom stereocenters. The van der Waals surface area contributed by atoms with Gasteiger partial charge in [-0.3, -0.25) is 0 Å². The summed E-state index contributed by atoms with van der Waals surface area (Å²) in [7, 11) is 0. The van der Waals surface area contributed by atoms with E-state index in [0.717, 1.165) is 5.56 Å². The summed E-state index contributed by atoms with van der Waals surface area (Å²) in [5, 5.41) is 0. The van der Waals surface area contributed by atoms with Crippen molar-refractivity contribution in [3.63, 3.8) is 0 Å². The first-order valence-electron chi connectivity index (χ1n) is 6.21. The van der Waals surface area contributed by atoms with Crippen LogP contribution in [0, 0.1) is 0 Å². The molecule has 1 amide bonds. The second-order valence-electron chi connectivity index (χ2n) is 4.98. The Balaban J connectivity index is 1.85. The van der Waals surface area contributed by atoms with E-state index in [4.69, 9.17) is 4.74 Å². The lowest BCUT2D eigenvalue weighted by Crippen LogP contribution is -2.46. The average molecular weight is 251 g/mol. The molecular formula is C14H18FNO2. The molecule has 4 heteroatoms. The minimum Gasteiger partial charge on any atom is -0.445 e. The van der Waals surface area contributed by atoms with E-state index in [1.807, 2.05) is 30.3 Å². The smallest absolute Gasteiger partial charge is 0.410 e. The van der Waals surface area contributed by atoms with Crippen LogP contribution >= 0.6 is 0 Å². The molecule has 0 bridgehead atoms. The zero-order valence-corrected chi connectivity index (χ0v) is 10.6. The van der Waals surface area contributed by atoms with Crippen LogP contribution in [0.5, 0.6) is 0 Å². The van der Waals surface area contributed by atoms with Crippen molar-refractivity contribution < 1.29 is 13.9 Å². The fourth-order valence-corrected chi connectivity index (χ4v) is 2.16. The molecule has 1 aromatic rings. The van der Waals surface area contributed by atoms with Gasteiger partial charge in [-0.1, -0.05) is 30.3 Å². The molecule has 18 heavy (non-hydrogen) atoms. The van der Waals surface area contributed by atoms with Crippen molar-refractivity contribution in [2.45, 2.75) is 32.0 Å². The average Bonchev–Trinajstić information content (AvgIpc) is 2.36. The van der Waals surface area contributed by atoms with Gasteiger partial charge >= 0.3 is 6.09 Å². The van der Waals surface area contributed by atoms with Gasteiger partial charge in [0.2, 0.25) is 0 Å². The van der Waals surface area contributed by atoms with Crippen LogP contribution in [-0.2, 0) is 11.3 Å². The Labute approximate surface area is 107 Å². The maximum absolute atomic E-state index is 13.8. The molecule has 1 fully saturated rings. The highest BCUT2D eigenvalue weighted by molar-refractivity contribution is 5.67. The van der Waals surface area contributed by atoms with Gasteiger partial charge in [0.05, 0.1) is 6.54 Å². The summed E-state index contributed by atoms with van der Waals surface area (Å²) in [6.45, 7) is 2.47. The predicted molar refractivity (Wildman–Crippen MR) is 66.9 cm³/mol. The Hall–Kier alpha value is -1.58. The highest BCUT2D eigenvalue weighted by atomic mass is 19.1. The van der Waals surface area contributed by atoms with Crippen molar-refractivity contribution in [3.8, 4) is 0 Å². The first-order valence-corrected chi connectivity index (χ1v) is 6.21. The van der Waals surface area contributed by atoms with E-state index in [1.54, 1.807) is 0 Å². The highest BCUT2D eigenvalue weighted by Gasteiger charge is 2.33. The number of likely N-dealkylation sites (tertiary alicyclic amines) is 1. The maximum atomic E-state index is 13.8. The van der Waals surface area contributed by atoms with Crippen molar-refractivity contribution in [2.75, 3.05) is 13.1 Å². The normalized spacial score (nSPS) is 23.8. The summed E-state index contributed by atoms with van der Waals surface area (Å²) in [5.41, 5.74) is -0.352.